The summed E-state index contributed by atoms with van der Waals surface area (Å²) in [6, 6.07) is 7.87. The zero-order valence-corrected chi connectivity index (χ0v) is 19.8. The van der Waals surface area contributed by atoms with Gasteiger partial charge in [-0.1, -0.05) is 6.07 Å². The molecule has 2 N–H and O–H groups in total. The molecule has 0 saturated heterocycles. The standard InChI is InChI=1S/C24H30N8O/c1-13(2)30(5)21-11-16-17(22(27-21)15(4)25)12-31(24(16)33)19-8-6-7-18(26-19)23-29-28-20-10-9-14(3)32(20)23/h6-8,11,13-15H,9-10,12,25H2,1-5H3/t14-,15+/m0/s1. The van der Waals surface area contributed by atoms with Crippen LogP contribution < -0.4 is 15.5 Å². The summed E-state index contributed by atoms with van der Waals surface area (Å²) in [6.45, 7) is 8.65. The van der Waals surface area contributed by atoms with Crippen LogP contribution in [0.5, 0.6) is 0 Å². The first kappa shape index (κ1) is 21.5. The fourth-order valence-electron chi connectivity index (χ4n) is 4.61. The van der Waals surface area contributed by atoms with Crippen molar-refractivity contribution in [3.63, 3.8) is 0 Å². The van der Waals surface area contributed by atoms with Crippen LogP contribution in [0, 0.1) is 0 Å². The zero-order chi connectivity index (χ0) is 23.4. The van der Waals surface area contributed by atoms with E-state index in [1.54, 1.807) is 4.90 Å². The van der Waals surface area contributed by atoms with Gasteiger partial charge in [0, 0.05) is 37.2 Å². The molecule has 2 aliphatic rings. The summed E-state index contributed by atoms with van der Waals surface area (Å²) in [5, 5.41) is 8.72. The molecule has 0 saturated carbocycles. The van der Waals surface area contributed by atoms with Gasteiger partial charge in [0.15, 0.2) is 5.82 Å². The van der Waals surface area contributed by atoms with Crippen molar-refractivity contribution in [2.75, 3.05) is 16.8 Å². The van der Waals surface area contributed by atoms with Gasteiger partial charge < -0.3 is 15.2 Å². The van der Waals surface area contributed by atoms with Crippen LogP contribution in [0.4, 0.5) is 11.6 Å². The summed E-state index contributed by atoms with van der Waals surface area (Å²) in [5.41, 5.74) is 9.26. The minimum Gasteiger partial charge on any atom is -0.357 e. The first-order chi connectivity index (χ1) is 15.8. The van der Waals surface area contributed by atoms with E-state index in [2.05, 4.69) is 35.5 Å². The van der Waals surface area contributed by atoms with E-state index < -0.39 is 0 Å². The topological polar surface area (TPSA) is 106 Å². The van der Waals surface area contributed by atoms with Gasteiger partial charge in [-0.3, -0.25) is 9.69 Å². The maximum absolute atomic E-state index is 13.5. The molecule has 33 heavy (non-hydrogen) atoms. The van der Waals surface area contributed by atoms with Gasteiger partial charge >= 0.3 is 0 Å². The summed E-state index contributed by atoms with van der Waals surface area (Å²) < 4.78 is 2.15. The number of aryl methyl sites for hydroxylation is 1. The number of hydrogen-bond acceptors (Lipinski definition) is 7. The van der Waals surface area contributed by atoms with E-state index in [-0.39, 0.29) is 18.0 Å². The highest BCUT2D eigenvalue weighted by Gasteiger charge is 2.34. The van der Waals surface area contributed by atoms with E-state index in [9.17, 15) is 4.79 Å². The average Bonchev–Trinajstić information content (AvgIpc) is 3.48. The maximum Gasteiger partial charge on any atom is 0.260 e. The van der Waals surface area contributed by atoms with Gasteiger partial charge in [-0.15, -0.1) is 10.2 Å². The molecular formula is C24H30N8O. The Balaban J connectivity index is 1.53. The summed E-state index contributed by atoms with van der Waals surface area (Å²) in [7, 11) is 1.98. The lowest BCUT2D eigenvalue weighted by Gasteiger charge is -2.24. The first-order valence-corrected chi connectivity index (χ1v) is 11.5. The molecule has 0 aromatic carbocycles. The molecule has 0 radical (unpaired) electrons. The number of anilines is 2. The molecule has 5 heterocycles. The van der Waals surface area contributed by atoms with E-state index in [0.717, 1.165) is 47.3 Å². The van der Waals surface area contributed by atoms with Gasteiger partial charge in [-0.2, -0.15) is 0 Å². The lowest BCUT2D eigenvalue weighted by Crippen LogP contribution is -2.28. The quantitative estimate of drug-likeness (QED) is 0.641. The average molecular weight is 447 g/mol. The van der Waals surface area contributed by atoms with E-state index in [1.807, 2.05) is 43.1 Å². The largest absolute Gasteiger partial charge is 0.357 e. The number of fused-ring (bicyclic) bond motifs is 2. The highest BCUT2D eigenvalue weighted by molar-refractivity contribution is 6.10. The third kappa shape index (κ3) is 3.47. The van der Waals surface area contributed by atoms with Crippen LogP contribution in [0.3, 0.4) is 0 Å². The van der Waals surface area contributed by atoms with E-state index in [4.69, 9.17) is 15.7 Å². The van der Waals surface area contributed by atoms with Crippen molar-refractivity contribution in [1.29, 1.82) is 0 Å². The van der Waals surface area contributed by atoms with Crippen LogP contribution in [-0.2, 0) is 13.0 Å². The van der Waals surface area contributed by atoms with Gasteiger partial charge in [-0.25, -0.2) is 9.97 Å². The fraction of sp³-hybridized carbons (Fsp3) is 0.458. The van der Waals surface area contributed by atoms with Gasteiger partial charge in [0.25, 0.3) is 5.91 Å². The molecule has 3 aromatic heterocycles. The summed E-state index contributed by atoms with van der Waals surface area (Å²) >= 11 is 0. The molecule has 0 fully saturated rings. The third-order valence-electron chi connectivity index (χ3n) is 6.73. The molecule has 0 unspecified atom stereocenters. The summed E-state index contributed by atoms with van der Waals surface area (Å²) in [5.74, 6) is 2.99. The molecule has 0 spiro atoms. The van der Waals surface area contributed by atoms with Crippen LogP contribution in [0.25, 0.3) is 11.5 Å². The number of amides is 1. The van der Waals surface area contributed by atoms with E-state index in [0.29, 0.717) is 24.0 Å². The van der Waals surface area contributed by atoms with Gasteiger partial charge in [0.2, 0.25) is 0 Å². The van der Waals surface area contributed by atoms with Crippen LogP contribution in [-0.4, -0.2) is 43.7 Å². The third-order valence-corrected chi connectivity index (χ3v) is 6.73. The number of nitrogens with zero attached hydrogens (tertiary/aromatic N) is 7. The van der Waals surface area contributed by atoms with Crippen molar-refractivity contribution in [2.24, 2.45) is 5.73 Å². The number of carbonyl (C=O) groups is 1. The van der Waals surface area contributed by atoms with Crippen molar-refractivity contribution in [3.05, 3.63) is 46.9 Å². The monoisotopic (exact) mass is 446 g/mol. The Bertz CT molecular complexity index is 1230. The number of rotatable bonds is 5. The second-order valence-electron chi connectivity index (χ2n) is 9.35. The number of aromatic nitrogens is 5. The second-order valence-corrected chi connectivity index (χ2v) is 9.35. The smallest absolute Gasteiger partial charge is 0.260 e. The minimum atomic E-state index is -0.286. The van der Waals surface area contributed by atoms with Crippen LogP contribution in [0.1, 0.15) is 73.6 Å². The molecule has 2 atom stereocenters. The lowest BCUT2D eigenvalue weighted by atomic mass is 10.0. The Morgan fingerprint density at radius 2 is 1.97 bits per heavy atom. The van der Waals surface area contributed by atoms with E-state index in [1.165, 1.54) is 0 Å². The van der Waals surface area contributed by atoms with Crippen molar-refractivity contribution in [1.82, 2.24) is 24.7 Å². The van der Waals surface area contributed by atoms with Crippen LogP contribution in [0.2, 0.25) is 0 Å². The number of nitrogens with two attached hydrogens (primary N) is 1. The number of hydrogen-bond donors (Lipinski definition) is 1. The normalized spacial score (nSPS) is 18.1. The molecule has 9 heteroatoms. The Labute approximate surface area is 193 Å². The lowest BCUT2D eigenvalue weighted by molar-refractivity contribution is 0.0996. The molecule has 172 valence electrons. The number of carbonyl (C=O) groups excluding carboxylic acids is 1. The second kappa shape index (κ2) is 7.91. The number of pyridine rings is 2. The molecular weight excluding hydrogens is 416 g/mol. The molecule has 1 amide bonds. The molecule has 0 aliphatic carbocycles. The van der Waals surface area contributed by atoms with E-state index >= 15 is 0 Å². The molecule has 9 nitrogen and oxygen atoms in total. The molecule has 0 bridgehead atoms. The minimum absolute atomic E-state index is 0.0859. The molecule has 2 aliphatic heterocycles. The Morgan fingerprint density at radius 3 is 2.70 bits per heavy atom. The zero-order valence-electron chi connectivity index (χ0n) is 19.8. The van der Waals surface area contributed by atoms with Crippen molar-refractivity contribution < 1.29 is 4.79 Å². The van der Waals surface area contributed by atoms with Crippen LogP contribution in [0.15, 0.2) is 24.3 Å². The van der Waals surface area contributed by atoms with Crippen molar-refractivity contribution in [2.45, 2.75) is 65.2 Å². The molecule has 5 rings (SSSR count). The summed E-state index contributed by atoms with van der Waals surface area (Å²) in [6.07, 6.45) is 1.98. The Hall–Kier alpha value is -3.33. The van der Waals surface area contributed by atoms with Crippen molar-refractivity contribution in [3.8, 4) is 11.5 Å². The van der Waals surface area contributed by atoms with Gasteiger partial charge in [0.1, 0.15) is 23.2 Å². The Kier molecular flexibility index (Phi) is 5.16. The van der Waals surface area contributed by atoms with Gasteiger partial charge in [-0.05, 0) is 52.3 Å². The molecule has 3 aromatic rings. The Morgan fingerprint density at radius 1 is 1.18 bits per heavy atom. The SMILES string of the molecule is CC(C)N(C)c1cc2c(c([C@@H](C)N)n1)CN(c1cccc(-c3nnc4n3[C@@H](C)CC4)n1)C2=O. The van der Waals surface area contributed by atoms with Gasteiger partial charge in [0.05, 0.1) is 17.8 Å². The predicted molar refractivity (Wildman–Crippen MR) is 127 cm³/mol. The highest BCUT2D eigenvalue weighted by atomic mass is 16.2. The highest BCUT2D eigenvalue weighted by Crippen LogP contribution is 2.35. The predicted octanol–water partition coefficient (Wildman–Crippen LogP) is 3.27. The first-order valence-electron chi connectivity index (χ1n) is 11.5. The van der Waals surface area contributed by atoms with Crippen molar-refractivity contribution >= 4 is 17.5 Å². The van der Waals surface area contributed by atoms with Crippen LogP contribution >= 0.6 is 0 Å². The fourth-order valence-corrected chi connectivity index (χ4v) is 4.61. The maximum atomic E-state index is 13.5. The summed E-state index contributed by atoms with van der Waals surface area (Å²) in [4.78, 5) is 26.9.